The molecule has 168 valence electrons. The van der Waals surface area contributed by atoms with E-state index in [1.807, 2.05) is 30.3 Å². The van der Waals surface area contributed by atoms with Gasteiger partial charge < -0.3 is 21.1 Å². The number of nitrogens with one attached hydrogen (secondary N) is 3. The Morgan fingerprint density at radius 3 is 2.66 bits per heavy atom. The van der Waals surface area contributed by atoms with Gasteiger partial charge in [-0.05, 0) is 36.6 Å². The summed E-state index contributed by atoms with van der Waals surface area (Å²) in [5, 5.41) is 13.0. The summed E-state index contributed by atoms with van der Waals surface area (Å²) in [4.78, 5) is 4.01. The van der Waals surface area contributed by atoms with Crippen molar-refractivity contribution in [2.45, 2.75) is 37.3 Å². The van der Waals surface area contributed by atoms with E-state index in [1.165, 1.54) is 12.1 Å². The van der Waals surface area contributed by atoms with Crippen molar-refractivity contribution in [2.24, 2.45) is 5.92 Å². The van der Waals surface area contributed by atoms with Gasteiger partial charge in [-0.25, -0.2) is 5.10 Å². The first-order chi connectivity index (χ1) is 15.4. The smallest absolute Gasteiger partial charge is 0.378 e. The van der Waals surface area contributed by atoms with Crippen LogP contribution in [0.25, 0.3) is 0 Å². The summed E-state index contributed by atoms with van der Waals surface area (Å²) in [6.07, 6.45) is -3.52. The van der Waals surface area contributed by atoms with E-state index < -0.39 is 17.8 Å². The van der Waals surface area contributed by atoms with Crippen molar-refractivity contribution in [3.8, 4) is 0 Å². The van der Waals surface area contributed by atoms with Gasteiger partial charge in [0.25, 0.3) is 0 Å². The molecular weight excluding hydrogens is 421 g/mol. The molecule has 2 aliphatic heterocycles. The molecule has 0 aliphatic carbocycles. The number of hydrogen-bond acceptors (Lipinski definition) is 6. The number of nitrogens with two attached hydrogens (primary N) is 1. The highest BCUT2D eigenvalue weighted by molar-refractivity contribution is 5.58. The molecule has 1 aromatic heterocycles. The minimum atomic E-state index is -4.41. The SMILES string of the molecule is Nc1nc(NC[C@H]2CC[C@@H]3[C@H](O2)c2cc(C(F)(F)F)ccc2N[C@H]3c2ccccc2)n[nH]1. The van der Waals surface area contributed by atoms with E-state index >= 15 is 0 Å². The molecule has 3 heterocycles. The number of fused-ring (bicyclic) bond motifs is 3. The van der Waals surface area contributed by atoms with Gasteiger partial charge >= 0.3 is 6.18 Å². The molecule has 0 saturated carbocycles. The van der Waals surface area contributed by atoms with Crippen LogP contribution in [0.1, 0.15) is 41.7 Å². The summed E-state index contributed by atoms with van der Waals surface area (Å²) in [5.41, 5.74) is 7.18. The lowest BCUT2D eigenvalue weighted by molar-refractivity contribution is -0.138. The number of rotatable bonds is 4. The van der Waals surface area contributed by atoms with Gasteiger partial charge in [-0.15, -0.1) is 5.10 Å². The van der Waals surface area contributed by atoms with Gasteiger partial charge in [0.2, 0.25) is 11.9 Å². The van der Waals surface area contributed by atoms with E-state index in [9.17, 15) is 13.2 Å². The normalized spacial score (nSPS) is 24.8. The van der Waals surface area contributed by atoms with Crippen LogP contribution in [0, 0.1) is 5.92 Å². The van der Waals surface area contributed by atoms with E-state index in [1.54, 1.807) is 0 Å². The Balaban J connectivity index is 1.44. The molecule has 0 radical (unpaired) electrons. The molecular formula is C22H23F3N6O. The van der Waals surface area contributed by atoms with Crippen LogP contribution in [-0.2, 0) is 10.9 Å². The zero-order valence-corrected chi connectivity index (χ0v) is 17.1. The van der Waals surface area contributed by atoms with Crippen LogP contribution >= 0.6 is 0 Å². The second kappa shape index (κ2) is 8.01. The molecule has 5 N–H and O–H groups in total. The topological polar surface area (TPSA) is 101 Å². The maximum atomic E-state index is 13.4. The van der Waals surface area contributed by atoms with Crippen LogP contribution in [0.15, 0.2) is 48.5 Å². The zero-order chi connectivity index (χ0) is 22.3. The molecule has 0 amide bonds. The highest BCUT2D eigenvalue weighted by Crippen LogP contribution is 2.51. The van der Waals surface area contributed by atoms with Crippen LogP contribution in [0.4, 0.5) is 30.8 Å². The summed E-state index contributed by atoms with van der Waals surface area (Å²) in [6.45, 7) is 0.429. The third kappa shape index (κ3) is 3.97. The van der Waals surface area contributed by atoms with Crippen LogP contribution in [0.2, 0.25) is 0 Å². The summed E-state index contributed by atoms with van der Waals surface area (Å²) < 4.78 is 46.6. The second-order valence-corrected chi connectivity index (χ2v) is 8.18. The fourth-order valence-electron chi connectivity index (χ4n) is 4.63. The van der Waals surface area contributed by atoms with Gasteiger partial charge in [0.05, 0.1) is 23.8 Å². The average Bonchev–Trinajstić information content (AvgIpc) is 3.21. The van der Waals surface area contributed by atoms with Crippen molar-refractivity contribution in [1.29, 1.82) is 0 Å². The highest BCUT2D eigenvalue weighted by atomic mass is 19.4. The summed E-state index contributed by atoms with van der Waals surface area (Å²) in [6, 6.07) is 13.7. The highest BCUT2D eigenvalue weighted by Gasteiger charge is 2.43. The predicted octanol–water partition coefficient (Wildman–Crippen LogP) is 4.52. The number of nitrogen functional groups attached to an aromatic ring is 1. The lowest BCUT2D eigenvalue weighted by Gasteiger charge is -2.46. The first-order valence-electron chi connectivity index (χ1n) is 10.5. The van der Waals surface area contributed by atoms with Crippen molar-refractivity contribution >= 4 is 17.6 Å². The molecule has 32 heavy (non-hydrogen) atoms. The van der Waals surface area contributed by atoms with Crippen LogP contribution in [0.5, 0.6) is 0 Å². The Hall–Kier alpha value is -3.27. The van der Waals surface area contributed by atoms with E-state index in [0.717, 1.165) is 24.5 Å². The lowest BCUT2D eigenvalue weighted by atomic mass is 9.76. The molecule has 2 aliphatic rings. The monoisotopic (exact) mass is 444 g/mol. The lowest BCUT2D eigenvalue weighted by Crippen LogP contribution is -2.41. The predicted molar refractivity (Wildman–Crippen MR) is 114 cm³/mol. The van der Waals surface area contributed by atoms with Gasteiger partial charge in [-0.2, -0.15) is 18.2 Å². The number of aromatic amines is 1. The molecule has 3 aromatic rings. The number of hydrogen-bond donors (Lipinski definition) is 4. The molecule has 7 nitrogen and oxygen atoms in total. The molecule has 1 fully saturated rings. The van der Waals surface area contributed by atoms with Gasteiger partial charge in [-0.1, -0.05) is 30.3 Å². The number of nitrogens with zero attached hydrogens (tertiary/aromatic N) is 2. The second-order valence-electron chi connectivity index (χ2n) is 8.18. The van der Waals surface area contributed by atoms with Crippen molar-refractivity contribution in [1.82, 2.24) is 15.2 Å². The van der Waals surface area contributed by atoms with E-state index in [2.05, 4.69) is 25.8 Å². The molecule has 0 bridgehead atoms. The summed E-state index contributed by atoms with van der Waals surface area (Å²) >= 11 is 0. The molecule has 2 aromatic carbocycles. The third-order valence-electron chi connectivity index (χ3n) is 6.12. The molecule has 4 atom stereocenters. The van der Waals surface area contributed by atoms with E-state index in [4.69, 9.17) is 10.5 Å². The Labute approximate surface area is 182 Å². The van der Waals surface area contributed by atoms with Gasteiger partial charge in [0, 0.05) is 23.7 Å². The number of ether oxygens (including phenoxy) is 1. The first kappa shape index (κ1) is 20.6. The van der Waals surface area contributed by atoms with E-state index in [-0.39, 0.29) is 24.0 Å². The van der Waals surface area contributed by atoms with Crippen molar-refractivity contribution < 1.29 is 17.9 Å². The Bertz CT molecular complexity index is 1090. The van der Waals surface area contributed by atoms with Crippen molar-refractivity contribution in [3.63, 3.8) is 0 Å². The minimum Gasteiger partial charge on any atom is -0.378 e. The maximum Gasteiger partial charge on any atom is 0.416 e. The number of benzene rings is 2. The van der Waals surface area contributed by atoms with Gasteiger partial charge in [0.1, 0.15) is 0 Å². The van der Waals surface area contributed by atoms with E-state index in [0.29, 0.717) is 23.7 Å². The van der Waals surface area contributed by atoms with Crippen molar-refractivity contribution in [3.05, 3.63) is 65.2 Å². The standard InChI is InChI=1S/C22H23F3N6O/c23-22(24,25)13-6-9-17-16(10-13)19-15(18(28-17)12-4-2-1-3-5-12)8-7-14(32-19)11-27-21-29-20(26)30-31-21/h1-6,9-10,14-15,18-19,28H,7-8,11H2,(H4,26,27,29,30,31)/t14-,15+,18+,19+/m1/s1. The maximum absolute atomic E-state index is 13.4. The Kier molecular flexibility index (Phi) is 5.16. The largest absolute Gasteiger partial charge is 0.416 e. The molecule has 10 heteroatoms. The number of alkyl halides is 3. The zero-order valence-electron chi connectivity index (χ0n) is 17.1. The van der Waals surface area contributed by atoms with Gasteiger partial charge in [-0.3, -0.25) is 0 Å². The molecule has 1 saturated heterocycles. The Morgan fingerprint density at radius 1 is 1.12 bits per heavy atom. The third-order valence-corrected chi connectivity index (χ3v) is 6.12. The fourth-order valence-corrected chi connectivity index (χ4v) is 4.63. The summed E-state index contributed by atoms with van der Waals surface area (Å²) in [5.74, 6) is 0.569. The number of anilines is 3. The average molecular weight is 444 g/mol. The van der Waals surface area contributed by atoms with Crippen molar-refractivity contribution in [2.75, 3.05) is 22.9 Å². The summed E-state index contributed by atoms with van der Waals surface area (Å²) in [7, 11) is 0. The molecule has 0 spiro atoms. The van der Waals surface area contributed by atoms with Gasteiger partial charge in [0.15, 0.2) is 0 Å². The first-order valence-corrected chi connectivity index (χ1v) is 10.5. The van der Waals surface area contributed by atoms with Crippen LogP contribution in [-0.4, -0.2) is 27.8 Å². The fraction of sp³-hybridized carbons (Fsp3) is 0.364. The number of aromatic nitrogens is 3. The quantitative estimate of drug-likeness (QED) is 0.472. The Morgan fingerprint density at radius 2 is 1.94 bits per heavy atom. The molecule has 0 unspecified atom stereocenters. The number of halogens is 3. The van der Waals surface area contributed by atoms with Crippen LogP contribution in [0.3, 0.4) is 0 Å². The minimum absolute atomic E-state index is 0.00351. The molecule has 5 rings (SSSR count). The van der Waals surface area contributed by atoms with Crippen LogP contribution < -0.4 is 16.4 Å². The number of H-pyrrole nitrogens is 1.